The fourth-order valence-corrected chi connectivity index (χ4v) is 8.61. The lowest BCUT2D eigenvalue weighted by Crippen LogP contribution is -2.71. The first kappa shape index (κ1) is 32.7. The fraction of sp³-hybridized carbons (Fsp3) is 0.323. The van der Waals surface area contributed by atoms with Crippen LogP contribution in [0.4, 0.5) is 5.13 Å². The number of amides is 2. The van der Waals surface area contributed by atoms with Crippen LogP contribution in [0.25, 0.3) is 5.65 Å². The number of carbonyl (C=O) groups excluding carboxylic acids is 2. The number of nitrogens with two attached hydrogens (primary N) is 1. The SMILES string of the molecule is CO/N=C(\C(=O)N[C@@H]1C(=O)N2C(C(=O)O)=C(Cn3ccc4n3cc[n+]4Cc3ccc(C(=N)N4CCCC4)cc3)CS[C@H]12)c1nc(N)sc1Cl. The second-order valence-electron chi connectivity index (χ2n) is 11.7. The summed E-state index contributed by atoms with van der Waals surface area (Å²) in [5.41, 5.74) is 8.86. The molecule has 18 heteroatoms. The van der Waals surface area contributed by atoms with E-state index in [0.717, 1.165) is 54.0 Å². The van der Waals surface area contributed by atoms with Crippen LogP contribution in [-0.4, -0.2) is 95.8 Å². The van der Waals surface area contributed by atoms with Crippen molar-refractivity contribution in [1.82, 2.24) is 29.3 Å². The highest BCUT2D eigenvalue weighted by Crippen LogP contribution is 2.41. The molecule has 0 bridgehead atoms. The van der Waals surface area contributed by atoms with Crippen LogP contribution in [0.2, 0.25) is 4.34 Å². The van der Waals surface area contributed by atoms with Crippen molar-refractivity contribution in [1.29, 1.82) is 5.41 Å². The van der Waals surface area contributed by atoms with Crippen LogP contribution < -0.4 is 15.6 Å². The number of carboxylic acid groups (broad SMARTS) is 1. The van der Waals surface area contributed by atoms with E-state index in [9.17, 15) is 19.5 Å². The maximum atomic E-state index is 13.3. The van der Waals surface area contributed by atoms with Crippen molar-refractivity contribution < 1.29 is 28.9 Å². The number of anilines is 1. The number of thiazole rings is 1. The lowest BCUT2D eigenvalue weighted by molar-refractivity contribution is -0.661. The van der Waals surface area contributed by atoms with Gasteiger partial charge in [-0.25, -0.2) is 19.0 Å². The molecule has 0 aliphatic carbocycles. The number of β-lactam (4-membered cyclic amide) rings is 1. The molecular formula is C31H32ClN10O5S2+. The summed E-state index contributed by atoms with van der Waals surface area (Å²) >= 11 is 8.50. The lowest BCUT2D eigenvalue weighted by Gasteiger charge is -2.49. The summed E-state index contributed by atoms with van der Waals surface area (Å²) in [6.45, 7) is 2.72. The first-order valence-corrected chi connectivity index (χ1v) is 17.6. The molecule has 2 atom stereocenters. The summed E-state index contributed by atoms with van der Waals surface area (Å²) in [4.78, 5) is 51.2. The van der Waals surface area contributed by atoms with Gasteiger partial charge in [0.2, 0.25) is 0 Å². The molecule has 3 aliphatic rings. The van der Waals surface area contributed by atoms with Gasteiger partial charge in [0, 0.05) is 24.4 Å². The molecule has 49 heavy (non-hydrogen) atoms. The van der Waals surface area contributed by atoms with Gasteiger partial charge >= 0.3 is 11.6 Å². The molecule has 2 saturated heterocycles. The van der Waals surface area contributed by atoms with Gasteiger partial charge in [-0.3, -0.25) is 19.9 Å². The normalized spacial score (nSPS) is 19.3. The maximum Gasteiger partial charge on any atom is 0.352 e. The van der Waals surface area contributed by atoms with Crippen molar-refractivity contribution in [3.05, 3.63) is 81.3 Å². The Morgan fingerprint density at radius 1 is 1.22 bits per heavy atom. The van der Waals surface area contributed by atoms with E-state index in [1.165, 1.54) is 23.8 Å². The topological polar surface area (TPSA) is 188 Å². The third-order valence-electron chi connectivity index (χ3n) is 8.71. The van der Waals surface area contributed by atoms with Crippen molar-refractivity contribution >= 4 is 74.8 Å². The molecule has 254 valence electrons. The number of nitrogen functional groups attached to an aromatic ring is 1. The molecule has 2 amide bonds. The number of rotatable bonds is 10. The number of oxime groups is 1. The van der Waals surface area contributed by atoms with Gasteiger partial charge in [0.25, 0.3) is 11.8 Å². The number of likely N-dealkylation sites (tertiary alicyclic amines) is 1. The molecule has 5 N–H and O–H groups in total. The van der Waals surface area contributed by atoms with Crippen LogP contribution >= 0.6 is 34.7 Å². The van der Waals surface area contributed by atoms with Gasteiger partial charge in [-0.15, -0.1) is 16.3 Å². The molecule has 0 unspecified atom stereocenters. The van der Waals surface area contributed by atoms with Crippen molar-refractivity contribution in [3.63, 3.8) is 0 Å². The number of imidazole rings is 1. The molecule has 0 spiro atoms. The summed E-state index contributed by atoms with van der Waals surface area (Å²) in [5.74, 6) is -1.64. The van der Waals surface area contributed by atoms with E-state index in [1.807, 2.05) is 58.1 Å². The van der Waals surface area contributed by atoms with Crippen LogP contribution in [0.15, 0.2) is 65.3 Å². The van der Waals surface area contributed by atoms with Crippen molar-refractivity contribution in [2.24, 2.45) is 5.16 Å². The van der Waals surface area contributed by atoms with Gasteiger partial charge in [-0.1, -0.05) is 52.4 Å². The van der Waals surface area contributed by atoms with Crippen LogP contribution in [0.1, 0.15) is 29.7 Å². The van der Waals surface area contributed by atoms with Gasteiger partial charge in [0.15, 0.2) is 17.0 Å². The highest BCUT2D eigenvalue weighted by Gasteiger charge is 2.54. The zero-order valence-corrected chi connectivity index (χ0v) is 28.6. The number of nitrogens with zero attached hydrogens (tertiary/aromatic N) is 7. The number of hydrogen-bond acceptors (Lipinski definition) is 10. The third kappa shape index (κ3) is 6.02. The fourth-order valence-electron chi connectivity index (χ4n) is 6.35. The number of hydrogen-bond donors (Lipinski definition) is 4. The van der Waals surface area contributed by atoms with Crippen LogP contribution in [0, 0.1) is 5.41 Å². The van der Waals surface area contributed by atoms with Crippen molar-refractivity contribution in [2.45, 2.75) is 37.3 Å². The van der Waals surface area contributed by atoms with E-state index >= 15 is 0 Å². The molecule has 2 fully saturated rings. The maximum absolute atomic E-state index is 13.3. The molecule has 3 aromatic heterocycles. The standard InChI is InChI=1S/C31H31ClN10O5S2/c1-47-37-22(21-25(32)49-31(34)36-21)27(43)35-23-28(44)42-24(30(45)46)19(16-48-29(23)42)15-40-11-8-20-39(12-13-41(20)40)14-17-4-6-18(7-5-17)26(33)38-9-2-3-10-38/h4-8,11-13,23,29,33H,2-3,9-10,14-16H2,1H3,(H3-,34,35,36,43,45,46)/p+1/b33-26?,37-22-/t23-,29-/m1/s1. The van der Waals surface area contributed by atoms with Gasteiger partial charge in [0.05, 0.1) is 18.8 Å². The Hall–Kier alpha value is -4.87. The van der Waals surface area contributed by atoms with E-state index in [4.69, 9.17) is 27.6 Å². The number of aromatic nitrogens is 4. The van der Waals surface area contributed by atoms with Gasteiger partial charge in [0.1, 0.15) is 52.8 Å². The van der Waals surface area contributed by atoms with Gasteiger partial charge in [-0.2, -0.15) is 0 Å². The quantitative estimate of drug-likeness (QED) is 0.0624. The monoisotopic (exact) mass is 723 g/mol. The molecule has 4 aromatic rings. The van der Waals surface area contributed by atoms with Crippen molar-refractivity contribution in [3.8, 4) is 0 Å². The number of carboxylic acids is 1. The molecule has 3 aliphatic heterocycles. The zero-order valence-electron chi connectivity index (χ0n) is 26.2. The van der Waals surface area contributed by atoms with Gasteiger partial charge < -0.3 is 25.9 Å². The highest BCUT2D eigenvalue weighted by atomic mass is 35.5. The number of fused-ring (bicyclic) bond motifs is 2. The molecule has 15 nitrogen and oxygen atoms in total. The van der Waals surface area contributed by atoms with Crippen LogP contribution in [0.3, 0.4) is 0 Å². The summed E-state index contributed by atoms with van der Waals surface area (Å²) in [7, 11) is 1.25. The summed E-state index contributed by atoms with van der Waals surface area (Å²) in [6, 6.07) is 9.04. The van der Waals surface area contributed by atoms with Crippen molar-refractivity contribution in [2.75, 3.05) is 31.7 Å². The Morgan fingerprint density at radius 2 is 1.98 bits per heavy atom. The van der Waals surface area contributed by atoms with E-state index in [0.29, 0.717) is 23.7 Å². The number of halogens is 1. The van der Waals surface area contributed by atoms with E-state index in [1.54, 1.807) is 0 Å². The number of amidine groups is 1. The summed E-state index contributed by atoms with van der Waals surface area (Å²) in [5, 5.41) is 24.6. The summed E-state index contributed by atoms with van der Waals surface area (Å²) in [6.07, 6.45) is 8.00. The third-order valence-corrected chi connectivity index (χ3v) is 11.1. The predicted molar refractivity (Wildman–Crippen MR) is 184 cm³/mol. The molecule has 0 radical (unpaired) electrons. The van der Waals surface area contributed by atoms with Crippen LogP contribution in [-0.2, 0) is 32.3 Å². The Kier molecular flexibility index (Phi) is 8.81. The average Bonchev–Trinajstić information content (AvgIpc) is 3.90. The predicted octanol–water partition coefficient (Wildman–Crippen LogP) is 1.98. The largest absolute Gasteiger partial charge is 0.477 e. The first-order valence-electron chi connectivity index (χ1n) is 15.4. The minimum absolute atomic E-state index is 0.0217. The second kappa shape index (κ2) is 13.2. The smallest absolute Gasteiger partial charge is 0.352 e. The molecule has 1 aromatic carbocycles. The Labute approximate surface area is 293 Å². The van der Waals surface area contributed by atoms with Crippen LogP contribution in [0.5, 0.6) is 0 Å². The second-order valence-corrected chi connectivity index (χ2v) is 14.4. The van der Waals surface area contributed by atoms with Gasteiger partial charge in [-0.05, 0) is 24.0 Å². The Bertz CT molecular complexity index is 2050. The molecular weight excluding hydrogens is 692 g/mol. The summed E-state index contributed by atoms with van der Waals surface area (Å²) < 4.78 is 6.06. The molecule has 7 rings (SSSR count). The van der Waals surface area contributed by atoms with E-state index in [2.05, 4.69) is 24.9 Å². The molecule has 6 heterocycles. The number of benzene rings is 1. The average molecular weight is 724 g/mol. The minimum Gasteiger partial charge on any atom is -0.477 e. The Balaban J connectivity index is 1.05. The first-order chi connectivity index (χ1) is 23.6. The lowest BCUT2D eigenvalue weighted by atomic mass is 10.0. The number of nitrogens with one attached hydrogen (secondary N) is 2. The Morgan fingerprint density at radius 3 is 2.65 bits per heavy atom. The van der Waals surface area contributed by atoms with E-state index in [-0.39, 0.29) is 33.1 Å². The number of carbonyl (C=O) groups is 3. The number of aliphatic carboxylic acids is 1. The highest BCUT2D eigenvalue weighted by molar-refractivity contribution is 8.00. The number of thioether (sulfide) groups is 1. The minimum atomic E-state index is -1.22. The molecule has 0 saturated carbocycles. The zero-order chi connectivity index (χ0) is 34.4. The van der Waals surface area contributed by atoms with E-state index < -0.39 is 29.2 Å².